The molecule has 3 rings (SSSR count). The minimum atomic E-state index is -3.49. The van der Waals surface area contributed by atoms with Gasteiger partial charge in [-0.1, -0.05) is 12.1 Å². The summed E-state index contributed by atoms with van der Waals surface area (Å²) in [6.45, 7) is 1.88. The number of rotatable bonds is 5. The third kappa shape index (κ3) is 4.09. The molecule has 8 heteroatoms. The second-order valence-electron chi connectivity index (χ2n) is 6.97. The molecular weight excluding hydrogens is 356 g/mol. The van der Waals surface area contributed by atoms with E-state index in [0.29, 0.717) is 39.0 Å². The van der Waals surface area contributed by atoms with Gasteiger partial charge in [0.05, 0.1) is 11.7 Å². The van der Waals surface area contributed by atoms with Gasteiger partial charge in [-0.15, -0.1) is 0 Å². The Balaban J connectivity index is 1.72. The van der Waals surface area contributed by atoms with Crippen molar-refractivity contribution in [3.05, 3.63) is 35.4 Å². The van der Waals surface area contributed by atoms with Crippen LogP contribution in [0, 0.1) is 0 Å². The summed E-state index contributed by atoms with van der Waals surface area (Å²) in [5, 5.41) is 9.18. The van der Waals surface area contributed by atoms with Crippen LogP contribution < -0.4 is 0 Å². The van der Waals surface area contributed by atoms with Crippen LogP contribution in [0.5, 0.6) is 0 Å². The van der Waals surface area contributed by atoms with Crippen LogP contribution in [0.3, 0.4) is 0 Å². The third-order valence-electron chi connectivity index (χ3n) is 5.38. The van der Waals surface area contributed by atoms with E-state index in [1.807, 2.05) is 6.07 Å². The van der Waals surface area contributed by atoms with Crippen molar-refractivity contribution in [3.8, 4) is 0 Å². The predicted octanol–water partition coefficient (Wildman–Crippen LogP) is 1.92. The van der Waals surface area contributed by atoms with Crippen LogP contribution in [0.15, 0.2) is 24.3 Å². The first-order valence-electron chi connectivity index (χ1n) is 9.03. The summed E-state index contributed by atoms with van der Waals surface area (Å²) in [7, 11) is -1.83. The van der Waals surface area contributed by atoms with Crippen LogP contribution in [0.4, 0.5) is 0 Å². The molecule has 2 saturated heterocycles. The van der Waals surface area contributed by atoms with E-state index in [9.17, 15) is 18.3 Å². The van der Waals surface area contributed by atoms with Crippen LogP contribution in [0.2, 0.25) is 0 Å². The maximum atomic E-state index is 13.0. The van der Waals surface area contributed by atoms with Crippen molar-refractivity contribution in [3.63, 3.8) is 0 Å². The highest BCUT2D eigenvalue weighted by Gasteiger charge is 2.36. The van der Waals surface area contributed by atoms with Gasteiger partial charge in [-0.05, 0) is 49.3 Å². The zero-order valence-corrected chi connectivity index (χ0v) is 15.8. The van der Waals surface area contributed by atoms with E-state index in [0.717, 1.165) is 18.4 Å². The molecule has 0 aliphatic carbocycles. The van der Waals surface area contributed by atoms with Crippen LogP contribution in [0.1, 0.15) is 47.5 Å². The average molecular weight is 382 g/mol. The predicted molar refractivity (Wildman–Crippen MR) is 97.5 cm³/mol. The minimum absolute atomic E-state index is 0.0225. The van der Waals surface area contributed by atoms with Gasteiger partial charge in [0.15, 0.2) is 0 Å². The normalized spacial score (nSPS) is 23.8. The zero-order chi connectivity index (χ0) is 18.7. The maximum absolute atomic E-state index is 13.0. The van der Waals surface area contributed by atoms with E-state index < -0.39 is 16.2 Å². The third-order valence-corrected chi connectivity index (χ3v) is 7.38. The number of methoxy groups -OCH3 is 1. The number of nitrogens with zero attached hydrogens (tertiary/aromatic N) is 2. The Morgan fingerprint density at radius 1 is 1.15 bits per heavy atom. The summed E-state index contributed by atoms with van der Waals surface area (Å²) in [4.78, 5) is 11.2. The zero-order valence-electron chi connectivity index (χ0n) is 15.0. The molecule has 1 atom stereocenters. The fourth-order valence-electron chi connectivity index (χ4n) is 3.81. The lowest BCUT2D eigenvalue weighted by atomic mass is 9.91. The lowest BCUT2D eigenvalue weighted by Gasteiger charge is -2.38. The molecule has 2 aliphatic heterocycles. The molecule has 1 aromatic carbocycles. The van der Waals surface area contributed by atoms with E-state index in [2.05, 4.69) is 0 Å². The smallest absolute Gasteiger partial charge is 0.335 e. The lowest BCUT2D eigenvalue weighted by molar-refractivity contribution is 0.0588. The van der Waals surface area contributed by atoms with Crippen molar-refractivity contribution in [1.82, 2.24) is 8.61 Å². The topological polar surface area (TPSA) is 87.2 Å². The molecule has 2 aliphatic rings. The second kappa shape index (κ2) is 8.04. The summed E-state index contributed by atoms with van der Waals surface area (Å²) in [5.74, 6) is -0.942. The molecule has 7 nitrogen and oxygen atoms in total. The fraction of sp³-hybridized carbons (Fsp3) is 0.611. The standard InChI is InChI=1S/C18H26N2O5S/c1-25-17-7-10-19(11-8-17)26(23,24)20-9-3-6-16(13-20)14-4-2-5-15(12-14)18(21)22/h2,4-5,12,16-17H,3,6-11,13H2,1H3,(H,21,22). The number of aromatic carboxylic acids is 1. The number of carboxylic acids is 1. The number of piperidine rings is 2. The molecule has 26 heavy (non-hydrogen) atoms. The summed E-state index contributed by atoms with van der Waals surface area (Å²) in [6, 6.07) is 6.83. The first kappa shape index (κ1) is 19.3. The van der Waals surface area contributed by atoms with Gasteiger partial charge in [-0.25, -0.2) is 4.79 Å². The number of carboxylic acid groups (broad SMARTS) is 1. The first-order valence-corrected chi connectivity index (χ1v) is 10.4. The van der Waals surface area contributed by atoms with Gasteiger partial charge in [0.25, 0.3) is 10.2 Å². The first-order chi connectivity index (χ1) is 12.4. The van der Waals surface area contributed by atoms with Gasteiger partial charge < -0.3 is 9.84 Å². The van der Waals surface area contributed by atoms with Gasteiger partial charge in [0.2, 0.25) is 0 Å². The number of ether oxygens (including phenoxy) is 1. The van der Waals surface area contributed by atoms with Gasteiger partial charge in [0.1, 0.15) is 0 Å². The van der Waals surface area contributed by atoms with Crippen LogP contribution in [-0.4, -0.2) is 67.5 Å². The van der Waals surface area contributed by atoms with Crippen molar-refractivity contribution in [2.45, 2.75) is 37.7 Å². The van der Waals surface area contributed by atoms with E-state index in [1.165, 1.54) is 0 Å². The quantitative estimate of drug-likeness (QED) is 0.841. The summed E-state index contributed by atoms with van der Waals surface area (Å²) in [6.07, 6.45) is 3.20. The number of benzene rings is 1. The summed E-state index contributed by atoms with van der Waals surface area (Å²) in [5.41, 5.74) is 1.13. The highest BCUT2D eigenvalue weighted by molar-refractivity contribution is 7.86. The van der Waals surface area contributed by atoms with Crippen molar-refractivity contribution in [2.75, 3.05) is 33.3 Å². The lowest BCUT2D eigenvalue weighted by Crippen LogP contribution is -2.50. The largest absolute Gasteiger partial charge is 0.478 e. The van der Waals surface area contributed by atoms with Crippen molar-refractivity contribution >= 4 is 16.2 Å². The summed E-state index contributed by atoms with van der Waals surface area (Å²) >= 11 is 0. The molecule has 1 aromatic rings. The fourth-order valence-corrected chi connectivity index (χ4v) is 5.54. The van der Waals surface area contributed by atoms with E-state index in [1.54, 1.807) is 33.9 Å². The van der Waals surface area contributed by atoms with Crippen molar-refractivity contribution in [2.24, 2.45) is 0 Å². The molecule has 0 amide bonds. The maximum Gasteiger partial charge on any atom is 0.335 e. The molecule has 0 spiro atoms. The molecular formula is C18H26N2O5S. The molecule has 0 saturated carbocycles. The molecule has 2 fully saturated rings. The molecule has 0 aromatic heterocycles. The Morgan fingerprint density at radius 2 is 1.88 bits per heavy atom. The summed E-state index contributed by atoms with van der Waals surface area (Å²) < 4.78 is 34.4. The van der Waals surface area contributed by atoms with E-state index in [-0.39, 0.29) is 17.6 Å². The van der Waals surface area contributed by atoms with Crippen LogP contribution in [0.25, 0.3) is 0 Å². The highest BCUT2D eigenvalue weighted by atomic mass is 32.2. The molecule has 0 bridgehead atoms. The Hall–Kier alpha value is -1.48. The van der Waals surface area contributed by atoms with Gasteiger partial charge in [0, 0.05) is 33.3 Å². The Kier molecular flexibility index (Phi) is 5.96. The molecule has 2 heterocycles. The molecule has 1 N–H and O–H groups in total. The van der Waals surface area contributed by atoms with Gasteiger partial charge in [-0.3, -0.25) is 0 Å². The number of carbonyl (C=O) groups is 1. The van der Waals surface area contributed by atoms with Gasteiger partial charge in [-0.2, -0.15) is 17.0 Å². The Labute approximate surface area is 154 Å². The second-order valence-corrected chi connectivity index (χ2v) is 8.90. The van der Waals surface area contributed by atoms with Crippen molar-refractivity contribution < 1.29 is 23.1 Å². The van der Waals surface area contributed by atoms with E-state index >= 15 is 0 Å². The van der Waals surface area contributed by atoms with Crippen LogP contribution >= 0.6 is 0 Å². The highest BCUT2D eigenvalue weighted by Crippen LogP contribution is 2.30. The van der Waals surface area contributed by atoms with E-state index in [4.69, 9.17) is 4.74 Å². The molecule has 1 unspecified atom stereocenters. The SMILES string of the molecule is COC1CCN(S(=O)(=O)N2CCCC(c3cccc(C(=O)O)c3)C2)CC1. The van der Waals surface area contributed by atoms with Gasteiger partial charge >= 0.3 is 5.97 Å². The Morgan fingerprint density at radius 3 is 2.54 bits per heavy atom. The van der Waals surface area contributed by atoms with Crippen molar-refractivity contribution in [1.29, 1.82) is 0 Å². The number of hydrogen-bond donors (Lipinski definition) is 1. The minimum Gasteiger partial charge on any atom is -0.478 e. The van der Waals surface area contributed by atoms with Crippen LogP contribution in [-0.2, 0) is 14.9 Å². The average Bonchev–Trinajstić information content (AvgIpc) is 2.68. The Bertz CT molecular complexity index is 744. The monoisotopic (exact) mass is 382 g/mol. The number of hydrogen-bond acceptors (Lipinski definition) is 4. The molecule has 0 radical (unpaired) electrons. The molecule has 144 valence electrons.